The minimum absolute atomic E-state index is 0.0861. The van der Waals surface area contributed by atoms with Gasteiger partial charge in [0, 0.05) is 11.6 Å². The van der Waals surface area contributed by atoms with Gasteiger partial charge in [0.2, 0.25) is 0 Å². The zero-order valence-corrected chi connectivity index (χ0v) is 13.7. The maximum Gasteiger partial charge on any atom is 0.255 e. The summed E-state index contributed by atoms with van der Waals surface area (Å²) in [6.07, 6.45) is 0.851. The molecule has 0 fully saturated rings. The quantitative estimate of drug-likeness (QED) is 0.883. The molecule has 0 aliphatic carbocycles. The van der Waals surface area contributed by atoms with Gasteiger partial charge in [-0.2, -0.15) is 0 Å². The molecule has 2 N–H and O–H groups in total. The van der Waals surface area contributed by atoms with Crippen molar-refractivity contribution in [2.75, 3.05) is 5.32 Å². The number of carbonyl (C=O) groups excluding carboxylic acids is 2. The fraction of sp³-hybridized carbons (Fsp3) is 0.263. The van der Waals surface area contributed by atoms with Crippen LogP contribution in [0.25, 0.3) is 0 Å². The molecule has 0 bridgehead atoms. The summed E-state index contributed by atoms with van der Waals surface area (Å²) >= 11 is 0. The minimum Gasteiger partial charge on any atom is -0.350 e. The van der Waals surface area contributed by atoms with Crippen molar-refractivity contribution in [3.05, 3.63) is 65.2 Å². The molecule has 0 heterocycles. The fourth-order valence-electron chi connectivity index (χ4n) is 2.17. The highest BCUT2D eigenvalue weighted by Gasteiger charge is 2.15. The van der Waals surface area contributed by atoms with E-state index in [0.29, 0.717) is 16.8 Å². The van der Waals surface area contributed by atoms with Gasteiger partial charge < -0.3 is 10.6 Å². The van der Waals surface area contributed by atoms with Crippen LogP contribution in [0.3, 0.4) is 0 Å². The number of hydrogen-bond acceptors (Lipinski definition) is 2. The van der Waals surface area contributed by atoms with Gasteiger partial charge in [0.15, 0.2) is 0 Å². The smallest absolute Gasteiger partial charge is 0.255 e. The van der Waals surface area contributed by atoms with Crippen molar-refractivity contribution in [1.82, 2.24) is 5.32 Å². The van der Waals surface area contributed by atoms with E-state index in [1.807, 2.05) is 39.0 Å². The van der Waals surface area contributed by atoms with Crippen LogP contribution in [0.4, 0.5) is 5.69 Å². The zero-order valence-electron chi connectivity index (χ0n) is 13.7. The van der Waals surface area contributed by atoms with Crippen LogP contribution in [-0.2, 0) is 0 Å². The summed E-state index contributed by atoms with van der Waals surface area (Å²) in [5, 5.41) is 5.74. The molecule has 4 heteroatoms. The molecule has 23 heavy (non-hydrogen) atoms. The number of rotatable bonds is 5. The monoisotopic (exact) mass is 310 g/mol. The second-order valence-electron chi connectivity index (χ2n) is 5.65. The Labute approximate surface area is 136 Å². The highest BCUT2D eigenvalue weighted by molar-refractivity contribution is 6.09. The first kappa shape index (κ1) is 16.7. The third-order valence-corrected chi connectivity index (χ3v) is 3.69. The SMILES string of the molecule is CCC(C)NC(=O)c1ccccc1NC(=O)c1cccc(C)c1. The highest BCUT2D eigenvalue weighted by Crippen LogP contribution is 2.17. The molecule has 0 aromatic heterocycles. The third-order valence-electron chi connectivity index (χ3n) is 3.69. The van der Waals surface area contributed by atoms with Crippen molar-refractivity contribution in [2.45, 2.75) is 33.2 Å². The van der Waals surface area contributed by atoms with Gasteiger partial charge in [0.1, 0.15) is 0 Å². The van der Waals surface area contributed by atoms with E-state index in [2.05, 4.69) is 10.6 Å². The lowest BCUT2D eigenvalue weighted by atomic mass is 10.1. The molecule has 1 unspecified atom stereocenters. The Morgan fingerprint density at radius 2 is 1.78 bits per heavy atom. The first-order valence-electron chi connectivity index (χ1n) is 7.79. The predicted molar refractivity (Wildman–Crippen MR) is 92.8 cm³/mol. The molecule has 2 aromatic rings. The van der Waals surface area contributed by atoms with Crippen molar-refractivity contribution < 1.29 is 9.59 Å². The number of hydrogen-bond donors (Lipinski definition) is 2. The first-order valence-corrected chi connectivity index (χ1v) is 7.79. The standard InChI is InChI=1S/C19H22N2O2/c1-4-14(3)20-19(23)16-10-5-6-11-17(16)21-18(22)15-9-7-8-13(2)12-15/h5-12,14H,4H2,1-3H3,(H,20,23)(H,21,22). The van der Waals surface area contributed by atoms with Crippen LogP contribution >= 0.6 is 0 Å². The lowest BCUT2D eigenvalue weighted by Gasteiger charge is -2.14. The van der Waals surface area contributed by atoms with Crippen LogP contribution in [0, 0.1) is 6.92 Å². The predicted octanol–water partition coefficient (Wildman–Crippen LogP) is 3.78. The van der Waals surface area contributed by atoms with Gasteiger partial charge in [-0.3, -0.25) is 9.59 Å². The van der Waals surface area contributed by atoms with Gasteiger partial charge in [0.05, 0.1) is 11.3 Å². The van der Waals surface area contributed by atoms with Gasteiger partial charge in [0.25, 0.3) is 11.8 Å². The molecule has 0 aliphatic heterocycles. The van der Waals surface area contributed by atoms with Crippen LogP contribution in [0.2, 0.25) is 0 Å². The Hall–Kier alpha value is -2.62. The van der Waals surface area contributed by atoms with Crippen LogP contribution in [0.1, 0.15) is 46.5 Å². The Morgan fingerprint density at radius 3 is 2.48 bits per heavy atom. The molecule has 0 spiro atoms. The molecule has 0 aliphatic rings. The van der Waals surface area contributed by atoms with Gasteiger partial charge in [-0.25, -0.2) is 0 Å². The summed E-state index contributed by atoms with van der Waals surface area (Å²) in [5.41, 5.74) is 2.57. The van der Waals surface area contributed by atoms with Gasteiger partial charge in [-0.05, 0) is 44.5 Å². The molecule has 0 saturated heterocycles. The summed E-state index contributed by atoms with van der Waals surface area (Å²) in [6, 6.07) is 14.5. The number of carbonyl (C=O) groups is 2. The van der Waals surface area contributed by atoms with E-state index in [1.165, 1.54) is 0 Å². The van der Waals surface area contributed by atoms with E-state index >= 15 is 0 Å². The highest BCUT2D eigenvalue weighted by atomic mass is 16.2. The Kier molecular flexibility index (Phi) is 5.52. The summed E-state index contributed by atoms with van der Waals surface area (Å²) in [7, 11) is 0. The molecule has 2 amide bonds. The molecule has 0 saturated carbocycles. The number of nitrogens with one attached hydrogen (secondary N) is 2. The fourth-order valence-corrected chi connectivity index (χ4v) is 2.17. The largest absolute Gasteiger partial charge is 0.350 e. The van der Waals surface area contributed by atoms with E-state index in [-0.39, 0.29) is 17.9 Å². The molecule has 2 aromatic carbocycles. The van der Waals surface area contributed by atoms with E-state index < -0.39 is 0 Å². The van der Waals surface area contributed by atoms with Crippen molar-refractivity contribution in [3.63, 3.8) is 0 Å². The summed E-state index contributed by atoms with van der Waals surface area (Å²) < 4.78 is 0. The van der Waals surface area contributed by atoms with Gasteiger partial charge in [-0.15, -0.1) is 0 Å². The average Bonchev–Trinajstić information content (AvgIpc) is 2.55. The van der Waals surface area contributed by atoms with E-state index in [9.17, 15) is 9.59 Å². The van der Waals surface area contributed by atoms with Crippen LogP contribution in [0.5, 0.6) is 0 Å². The number of aryl methyl sites for hydroxylation is 1. The van der Waals surface area contributed by atoms with Crippen molar-refractivity contribution in [1.29, 1.82) is 0 Å². The van der Waals surface area contributed by atoms with E-state index in [1.54, 1.807) is 30.3 Å². The van der Waals surface area contributed by atoms with Gasteiger partial charge >= 0.3 is 0 Å². The topological polar surface area (TPSA) is 58.2 Å². The Morgan fingerprint density at radius 1 is 1.04 bits per heavy atom. The minimum atomic E-state index is -0.225. The summed E-state index contributed by atoms with van der Waals surface area (Å²) in [5.74, 6) is -0.406. The van der Waals surface area contributed by atoms with Crippen molar-refractivity contribution in [2.24, 2.45) is 0 Å². The summed E-state index contributed by atoms with van der Waals surface area (Å²) in [6.45, 7) is 5.90. The maximum absolute atomic E-state index is 12.4. The number of benzene rings is 2. The molecule has 2 rings (SSSR count). The van der Waals surface area contributed by atoms with Gasteiger partial charge in [-0.1, -0.05) is 36.8 Å². The normalized spacial score (nSPS) is 11.6. The molecule has 120 valence electrons. The Bertz CT molecular complexity index is 710. The third kappa shape index (κ3) is 4.42. The second kappa shape index (κ2) is 7.58. The van der Waals surface area contributed by atoms with Crippen LogP contribution in [0.15, 0.2) is 48.5 Å². The summed E-state index contributed by atoms with van der Waals surface area (Å²) in [4.78, 5) is 24.7. The van der Waals surface area contributed by atoms with Crippen LogP contribution < -0.4 is 10.6 Å². The van der Waals surface area contributed by atoms with E-state index in [0.717, 1.165) is 12.0 Å². The molecular formula is C19H22N2O2. The first-order chi connectivity index (χ1) is 11.0. The molecule has 0 radical (unpaired) electrons. The number of amides is 2. The molecule has 1 atom stereocenters. The number of anilines is 1. The Balaban J connectivity index is 2.20. The maximum atomic E-state index is 12.4. The lowest BCUT2D eigenvalue weighted by molar-refractivity contribution is 0.0940. The zero-order chi connectivity index (χ0) is 16.8. The second-order valence-corrected chi connectivity index (χ2v) is 5.65. The lowest BCUT2D eigenvalue weighted by Crippen LogP contribution is -2.32. The number of para-hydroxylation sites is 1. The molecular weight excluding hydrogens is 288 g/mol. The molecule has 4 nitrogen and oxygen atoms in total. The van der Waals surface area contributed by atoms with E-state index in [4.69, 9.17) is 0 Å². The van der Waals surface area contributed by atoms with Crippen molar-refractivity contribution in [3.8, 4) is 0 Å². The van der Waals surface area contributed by atoms with Crippen molar-refractivity contribution >= 4 is 17.5 Å². The average molecular weight is 310 g/mol. The van der Waals surface area contributed by atoms with Crippen LogP contribution in [-0.4, -0.2) is 17.9 Å².